The lowest BCUT2D eigenvalue weighted by molar-refractivity contribution is -0.385. The number of aromatic hydroxyl groups is 1. The first-order valence-corrected chi connectivity index (χ1v) is 8.26. The van der Waals surface area contributed by atoms with Gasteiger partial charge in [0.25, 0.3) is 5.91 Å². The number of aromatic nitrogens is 2. The number of carbonyl (C=O) groups is 2. The number of benzene rings is 2. The van der Waals surface area contributed by atoms with E-state index in [1.165, 1.54) is 62.0 Å². The van der Waals surface area contributed by atoms with Crippen LogP contribution in [0.4, 0.5) is 5.69 Å². The molecular formula is C19H15N3O7. The molecular weight excluding hydrogens is 382 g/mol. The van der Waals surface area contributed by atoms with Gasteiger partial charge in [-0.3, -0.25) is 19.7 Å². The molecule has 0 saturated heterocycles. The van der Waals surface area contributed by atoms with Gasteiger partial charge in [0, 0.05) is 12.3 Å². The van der Waals surface area contributed by atoms with E-state index < -0.39 is 23.2 Å². The topological polar surface area (TPSA) is 134 Å². The first kappa shape index (κ1) is 19.5. The Morgan fingerprint density at radius 3 is 2.72 bits per heavy atom. The summed E-state index contributed by atoms with van der Waals surface area (Å²) in [5.41, 5.74) is -0.217. The van der Waals surface area contributed by atoms with Crippen molar-refractivity contribution in [1.29, 1.82) is 0 Å². The Kier molecular flexibility index (Phi) is 5.54. The quantitative estimate of drug-likeness (QED) is 0.365. The first-order chi connectivity index (χ1) is 13.9. The van der Waals surface area contributed by atoms with Crippen LogP contribution in [0.1, 0.15) is 20.7 Å². The summed E-state index contributed by atoms with van der Waals surface area (Å²) in [4.78, 5) is 35.2. The number of ketones is 1. The molecule has 0 aliphatic heterocycles. The molecule has 0 spiro atoms. The first-order valence-electron chi connectivity index (χ1n) is 8.26. The van der Waals surface area contributed by atoms with Crippen molar-refractivity contribution >= 4 is 17.4 Å². The Morgan fingerprint density at radius 2 is 2.00 bits per heavy atom. The van der Waals surface area contributed by atoms with Gasteiger partial charge >= 0.3 is 5.69 Å². The maximum absolute atomic E-state index is 12.6. The summed E-state index contributed by atoms with van der Waals surface area (Å²) in [7, 11) is 1.43. The van der Waals surface area contributed by atoms with Gasteiger partial charge in [0.2, 0.25) is 0 Å². The van der Waals surface area contributed by atoms with Gasteiger partial charge in [-0.25, -0.2) is 4.68 Å². The number of rotatable bonds is 7. The van der Waals surface area contributed by atoms with E-state index in [2.05, 4.69) is 5.10 Å². The number of para-hydroxylation sites is 2. The molecule has 10 heteroatoms. The zero-order valence-electron chi connectivity index (χ0n) is 15.1. The standard InChI is InChI=1S/C19H15N3O7/c1-28-13-6-7-16(23)14(8-13)19(25)12-9-20-21(10-12)18(24)11-29-17-5-3-2-4-15(17)22(26)27/h2-10,23H,11H2,1H3. The predicted octanol–water partition coefficient (Wildman–Crippen LogP) is 2.46. The third kappa shape index (κ3) is 4.21. The SMILES string of the molecule is COc1ccc(O)c(C(=O)c2cnn(C(=O)COc3ccccc3[N+](=O)[O-])c2)c1. The van der Waals surface area contributed by atoms with Crippen molar-refractivity contribution in [3.8, 4) is 17.2 Å². The van der Waals surface area contributed by atoms with Gasteiger partial charge in [-0.15, -0.1) is 0 Å². The number of phenolic OH excluding ortho intramolecular Hbond substituents is 1. The molecule has 0 saturated carbocycles. The zero-order chi connectivity index (χ0) is 21.0. The Bertz CT molecular complexity index is 1090. The third-order valence-corrected chi connectivity index (χ3v) is 3.96. The molecule has 1 N–H and O–H groups in total. The lowest BCUT2D eigenvalue weighted by Gasteiger charge is -2.06. The molecule has 0 aliphatic carbocycles. The summed E-state index contributed by atoms with van der Waals surface area (Å²) in [5.74, 6) is -1.12. The highest BCUT2D eigenvalue weighted by atomic mass is 16.6. The minimum atomic E-state index is -0.642. The summed E-state index contributed by atoms with van der Waals surface area (Å²) in [6, 6.07) is 9.83. The van der Waals surface area contributed by atoms with E-state index in [1.807, 2.05) is 0 Å². The Labute approximate surface area is 164 Å². The molecule has 29 heavy (non-hydrogen) atoms. The van der Waals surface area contributed by atoms with Crippen LogP contribution >= 0.6 is 0 Å². The van der Waals surface area contributed by atoms with Crippen molar-refractivity contribution in [2.45, 2.75) is 0 Å². The number of methoxy groups -OCH3 is 1. The van der Waals surface area contributed by atoms with Crippen LogP contribution < -0.4 is 9.47 Å². The summed E-state index contributed by atoms with van der Waals surface area (Å²) < 4.78 is 11.2. The number of ether oxygens (including phenoxy) is 2. The van der Waals surface area contributed by atoms with E-state index in [-0.39, 0.29) is 28.3 Å². The summed E-state index contributed by atoms with van der Waals surface area (Å²) in [6.07, 6.45) is 2.36. The van der Waals surface area contributed by atoms with Crippen LogP contribution in [0.25, 0.3) is 0 Å². The van der Waals surface area contributed by atoms with Crippen LogP contribution in [0.15, 0.2) is 54.9 Å². The number of nitrogens with zero attached hydrogens (tertiary/aromatic N) is 3. The number of phenols is 1. The van der Waals surface area contributed by atoms with Crippen LogP contribution in [0.3, 0.4) is 0 Å². The fourth-order valence-electron chi connectivity index (χ4n) is 2.49. The van der Waals surface area contributed by atoms with E-state index in [9.17, 15) is 24.8 Å². The highest BCUT2D eigenvalue weighted by molar-refractivity contribution is 6.10. The van der Waals surface area contributed by atoms with E-state index in [0.29, 0.717) is 5.75 Å². The minimum absolute atomic E-state index is 0.00694. The van der Waals surface area contributed by atoms with Gasteiger partial charge in [-0.05, 0) is 24.3 Å². The van der Waals surface area contributed by atoms with Crippen molar-refractivity contribution < 1.29 is 29.1 Å². The molecule has 0 atom stereocenters. The summed E-state index contributed by atoms with van der Waals surface area (Å²) in [5, 5.41) is 24.7. The number of nitro groups is 1. The van der Waals surface area contributed by atoms with Gasteiger partial charge in [0.05, 0.1) is 29.4 Å². The number of hydrogen-bond donors (Lipinski definition) is 1. The van der Waals surface area contributed by atoms with E-state index in [0.717, 1.165) is 4.68 Å². The molecule has 0 amide bonds. The second-order valence-corrected chi connectivity index (χ2v) is 5.79. The smallest absolute Gasteiger partial charge is 0.310 e. The van der Waals surface area contributed by atoms with Crippen molar-refractivity contribution in [2.24, 2.45) is 0 Å². The van der Waals surface area contributed by atoms with Crippen molar-refractivity contribution in [3.63, 3.8) is 0 Å². The summed E-state index contributed by atoms with van der Waals surface area (Å²) >= 11 is 0. The second-order valence-electron chi connectivity index (χ2n) is 5.79. The highest BCUT2D eigenvalue weighted by Gasteiger charge is 2.19. The van der Waals surface area contributed by atoms with E-state index in [4.69, 9.17) is 9.47 Å². The Balaban J connectivity index is 1.74. The molecule has 0 bridgehead atoms. The fourth-order valence-corrected chi connectivity index (χ4v) is 2.49. The molecule has 1 aromatic heterocycles. The Hall–Kier alpha value is -4.21. The minimum Gasteiger partial charge on any atom is -0.507 e. The van der Waals surface area contributed by atoms with E-state index in [1.54, 1.807) is 0 Å². The Morgan fingerprint density at radius 1 is 1.24 bits per heavy atom. The average Bonchev–Trinajstić information content (AvgIpc) is 3.22. The monoisotopic (exact) mass is 397 g/mol. The van der Waals surface area contributed by atoms with Crippen LogP contribution in [0, 0.1) is 10.1 Å². The van der Waals surface area contributed by atoms with Crippen LogP contribution in [0.5, 0.6) is 17.2 Å². The largest absolute Gasteiger partial charge is 0.507 e. The molecule has 0 unspecified atom stereocenters. The molecule has 10 nitrogen and oxygen atoms in total. The van der Waals surface area contributed by atoms with Gasteiger partial charge < -0.3 is 14.6 Å². The van der Waals surface area contributed by atoms with Crippen molar-refractivity contribution in [3.05, 3.63) is 76.1 Å². The maximum Gasteiger partial charge on any atom is 0.310 e. The van der Waals surface area contributed by atoms with Crippen LogP contribution in [-0.4, -0.2) is 45.2 Å². The van der Waals surface area contributed by atoms with Crippen molar-refractivity contribution in [2.75, 3.05) is 13.7 Å². The molecule has 1 heterocycles. The average molecular weight is 397 g/mol. The van der Waals surface area contributed by atoms with Gasteiger partial charge in [-0.2, -0.15) is 5.10 Å². The van der Waals surface area contributed by atoms with Gasteiger partial charge in [0.15, 0.2) is 18.1 Å². The third-order valence-electron chi connectivity index (χ3n) is 3.96. The molecule has 0 radical (unpaired) electrons. The highest BCUT2D eigenvalue weighted by Crippen LogP contribution is 2.26. The molecule has 2 aromatic carbocycles. The predicted molar refractivity (Wildman–Crippen MR) is 99.5 cm³/mol. The van der Waals surface area contributed by atoms with Gasteiger partial charge in [0.1, 0.15) is 11.5 Å². The molecule has 0 aliphatic rings. The number of hydrogen-bond acceptors (Lipinski definition) is 8. The second kappa shape index (κ2) is 8.21. The molecule has 3 rings (SSSR count). The number of carbonyl (C=O) groups excluding carboxylic acids is 2. The lowest BCUT2D eigenvalue weighted by Crippen LogP contribution is -2.20. The zero-order valence-corrected chi connectivity index (χ0v) is 15.1. The fraction of sp³-hybridized carbons (Fsp3) is 0.105. The van der Waals surface area contributed by atoms with E-state index >= 15 is 0 Å². The summed E-state index contributed by atoms with van der Waals surface area (Å²) in [6.45, 7) is -0.523. The van der Waals surface area contributed by atoms with Gasteiger partial charge in [-0.1, -0.05) is 12.1 Å². The number of nitro benzene ring substituents is 1. The lowest BCUT2D eigenvalue weighted by atomic mass is 10.1. The molecule has 3 aromatic rings. The molecule has 148 valence electrons. The van der Waals surface area contributed by atoms with Crippen molar-refractivity contribution in [1.82, 2.24) is 9.78 Å². The normalized spacial score (nSPS) is 10.4. The maximum atomic E-state index is 12.6. The van der Waals surface area contributed by atoms with Crippen LogP contribution in [-0.2, 0) is 0 Å². The molecule has 0 fully saturated rings. The van der Waals surface area contributed by atoms with Crippen LogP contribution in [0.2, 0.25) is 0 Å².